The van der Waals surface area contributed by atoms with Crippen LogP contribution in [0.5, 0.6) is 0 Å². The molecule has 0 spiro atoms. The lowest BCUT2D eigenvalue weighted by molar-refractivity contribution is -0.122. The number of carbonyl (C=O) groups is 1. The Bertz CT molecular complexity index is 397. The molecule has 2 heterocycles. The van der Waals surface area contributed by atoms with Gasteiger partial charge >= 0.3 is 0 Å². The molecule has 100 valence electrons. The van der Waals surface area contributed by atoms with E-state index in [0.717, 1.165) is 13.1 Å². The molecule has 0 bridgehead atoms. The highest BCUT2D eigenvalue weighted by Gasteiger charge is 2.18. The van der Waals surface area contributed by atoms with E-state index in [4.69, 9.17) is 5.73 Å². The van der Waals surface area contributed by atoms with Crippen LogP contribution in [-0.4, -0.2) is 46.3 Å². The van der Waals surface area contributed by atoms with Crippen LogP contribution in [0.3, 0.4) is 0 Å². The van der Waals surface area contributed by atoms with Crippen LogP contribution in [0.2, 0.25) is 0 Å². The summed E-state index contributed by atoms with van der Waals surface area (Å²) in [6, 6.07) is 0.402. The van der Waals surface area contributed by atoms with Crippen molar-refractivity contribution in [1.82, 2.24) is 20.0 Å². The van der Waals surface area contributed by atoms with E-state index in [9.17, 15) is 4.79 Å². The van der Waals surface area contributed by atoms with Gasteiger partial charge in [0.2, 0.25) is 5.91 Å². The number of rotatable bonds is 5. The molecule has 1 amide bonds. The van der Waals surface area contributed by atoms with Crippen LogP contribution in [-0.2, 0) is 11.3 Å². The zero-order valence-electron chi connectivity index (χ0n) is 10.8. The Kier molecular flexibility index (Phi) is 4.19. The maximum Gasteiger partial charge on any atom is 0.241 e. The van der Waals surface area contributed by atoms with Gasteiger partial charge in [-0.2, -0.15) is 5.10 Å². The fraction of sp³-hybridized carbons (Fsp3) is 0.667. The lowest BCUT2D eigenvalue weighted by Gasteiger charge is -2.23. The highest BCUT2D eigenvalue weighted by molar-refractivity contribution is 5.75. The van der Waals surface area contributed by atoms with Crippen LogP contribution < -0.4 is 11.1 Å². The van der Waals surface area contributed by atoms with Gasteiger partial charge in [0.15, 0.2) is 0 Å². The van der Waals surface area contributed by atoms with Gasteiger partial charge in [0.1, 0.15) is 6.54 Å². The van der Waals surface area contributed by atoms with Gasteiger partial charge < -0.3 is 11.1 Å². The van der Waals surface area contributed by atoms with E-state index >= 15 is 0 Å². The average Bonchev–Trinajstić information content (AvgIpc) is 2.97. The van der Waals surface area contributed by atoms with Crippen molar-refractivity contribution in [1.29, 1.82) is 0 Å². The Labute approximate surface area is 107 Å². The van der Waals surface area contributed by atoms with Crippen molar-refractivity contribution in [2.75, 3.05) is 25.4 Å². The molecular weight excluding hydrogens is 230 g/mol. The predicted octanol–water partition coefficient (Wildman–Crippen LogP) is 0.0658. The topological polar surface area (TPSA) is 76.2 Å². The molecule has 0 aliphatic carbocycles. The van der Waals surface area contributed by atoms with Gasteiger partial charge in [-0.15, -0.1) is 0 Å². The summed E-state index contributed by atoms with van der Waals surface area (Å²) >= 11 is 0. The van der Waals surface area contributed by atoms with Crippen molar-refractivity contribution in [2.45, 2.75) is 32.4 Å². The number of nitrogen functional groups attached to an aromatic ring is 1. The van der Waals surface area contributed by atoms with E-state index < -0.39 is 0 Å². The second kappa shape index (κ2) is 5.86. The summed E-state index contributed by atoms with van der Waals surface area (Å²) in [5.41, 5.74) is 6.11. The molecule has 1 aromatic heterocycles. The van der Waals surface area contributed by atoms with Crippen LogP contribution in [0.1, 0.15) is 19.8 Å². The van der Waals surface area contributed by atoms with Gasteiger partial charge in [0, 0.05) is 18.8 Å². The summed E-state index contributed by atoms with van der Waals surface area (Å²) in [6.07, 6.45) is 5.74. The van der Waals surface area contributed by atoms with Crippen LogP contribution in [0.15, 0.2) is 12.4 Å². The number of carbonyl (C=O) groups excluding carboxylic acids is 1. The molecule has 2 rings (SSSR count). The first kappa shape index (κ1) is 12.9. The van der Waals surface area contributed by atoms with Crippen LogP contribution in [0, 0.1) is 0 Å². The SMILES string of the molecule is CC(CNC(=O)Cn1cc(N)cn1)N1CCCC1. The lowest BCUT2D eigenvalue weighted by Crippen LogP contribution is -2.41. The molecule has 1 aliphatic heterocycles. The molecular formula is C12H21N5O. The second-order valence-electron chi connectivity index (χ2n) is 4.87. The third-order valence-corrected chi connectivity index (χ3v) is 3.32. The van der Waals surface area contributed by atoms with Gasteiger partial charge in [0.05, 0.1) is 11.9 Å². The normalized spacial score (nSPS) is 17.8. The Morgan fingerprint density at radius 2 is 2.28 bits per heavy atom. The van der Waals surface area contributed by atoms with Gasteiger partial charge in [-0.3, -0.25) is 14.4 Å². The summed E-state index contributed by atoms with van der Waals surface area (Å²) in [7, 11) is 0. The number of hydrogen-bond acceptors (Lipinski definition) is 4. The first-order chi connectivity index (χ1) is 8.65. The molecule has 6 nitrogen and oxygen atoms in total. The minimum atomic E-state index is -0.0239. The Balaban J connectivity index is 1.71. The molecule has 18 heavy (non-hydrogen) atoms. The summed E-state index contributed by atoms with van der Waals surface area (Å²) in [5, 5.41) is 6.92. The van der Waals surface area contributed by atoms with Crippen molar-refractivity contribution in [3.05, 3.63) is 12.4 Å². The molecule has 1 atom stereocenters. The molecule has 1 aliphatic rings. The third kappa shape index (κ3) is 3.46. The quantitative estimate of drug-likeness (QED) is 0.776. The molecule has 0 saturated carbocycles. The number of nitrogens with one attached hydrogen (secondary N) is 1. The Morgan fingerprint density at radius 3 is 2.89 bits per heavy atom. The van der Waals surface area contributed by atoms with E-state index in [1.807, 2.05) is 0 Å². The van der Waals surface area contributed by atoms with Crippen molar-refractivity contribution in [2.24, 2.45) is 0 Å². The minimum Gasteiger partial charge on any atom is -0.396 e. The number of likely N-dealkylation sites (tertiary alicyclic amines) is 1. The Hall–Kier alpha value is -1.56. The zero-order valence-corrected chi connectivity index (χ0v) is 10.8. The maximum atomic E-state index is 11.7. The molecule has 6 heteroatoms. The number of amides is 1. The highest BCUT2D eigenvalue weighted by atomic mass is 16.2. The van der Waals surface area contributed by atoms with Crippen molar-refractivity contribution in [3.63, 3.8) is 0 Å². The second-order valence-corrected chi connectivity index (χ2v) is 4.87. The summed E-state index contributed by atoms with van der Waals surface area (Å²) in [6.45, 7) is 5.36. The standard InChI is InChI=1S/C12H21N5O/c1-10(16-4-2-3-5-16)6-14-12(18)9-17-8-11(13)7-15-17/h7-8,10H,2-6,9,13H2,1H3,(H,14,18). The number of hydrogen-bond donors (Lipinski definition) is 2. The van der Waals surface area contributed by atoms with Gasteiger partial charge in [-0.05, 0) is 32.9 Å². The third-order valence-electron chi connectivity index (χ3n) is 3.32. The van der Waals surface area contributed by atoms with Crippen LogP contribution in [0.25, 0.3) is 0 Å². The van der Waals surface area contributed by atoms with E-state index in [-0.39, 0.29) is 12.5 Å². The maximum absolute atomic E-state index is 11.7. The van der Waals surface area contributed by atoms with Crippen LogP contribution >= 0.6 is 0 Å². The van der Waals surface area contributed by atoms with E-state index in [2.05, 4.69) is 22.2 Å². The highest BCUT2D eigenvalue weighted by Crippen LogP contribution is 2.10. The number of nitrogens with two attached hydrogens (primary N) is 1. The first-order valence-electron chi connectivity index (χ1n) is 6.44. The molecule has 1 aromatic rings. The van der Waals surface area contributed by atoms with Crippen LogP contribution in [0.4, 0.5) is 5.69 Å². The summed E-state index contributed by atoms with van der Waals surface area (Å²) in [5.74, 6) is -0.0239. The van der Waals surface area contributed by atoms with Crippen molar-refractivity contribution >= 4 is 11.6 Å². The molecule has 3 N–H and O–H groups in total. The average molecular weight is 251 g/mol. The zero-order chi connectivity index (χ0) is 13.0. The number of anilines is 1. The summed E-state index contributed by atoms with van der Waals surface area (Å²) < 4.78 is 1.55. The molecule has 0 radical (unpaired) electrons. The molecule has 0 aromatic carbocycles. The fourth-order valence-corrected chi connectivity index (χ4v) is 2.24. The monoisotopic (exact) mass is 251 g/mol. The number of nitrogens with zero attached hydrogens (tertiary/aromatic N) is 3. The Morgan fingerprint density at radius 1 is 1.56 bits per heavy atom. The summed E-state index contributed by atoms with van der Waals surface area (Å²) in [4.78, 5) is 14.1. The van der Waals surface area contributed by atoms with E-state index in [0.29, 0.717) is 18.3 Å². The molecule has 1 fully saturated rings. The van der Waals surface area contributed by atoms with E-state index in [1.165, 1.54) is 12.8 Å². The largest absolute Gasteiger partial charge is 0.396 e. The predicted molar refractivity (Wildman–Crippen MR) is 69.9 cm³/mol. The first-order valence-corrected chi connectivity index (χ1v) is 6.44. The van der Waals surface area contributed by atoms with Crippen molar-refractivity contribution < 1.29 is 4.79 Å². The minimum absolute atomic E-state index is 0.0239. The smallest absolute Gasteiger partial charge is 0.241 e. The van der Waals surface area contributed by atoms with Gasteiger partial charge in [-0.25, -0.2) is 0 Å². The fourth-order valence-electron chi connectivity index (χ4n) is 2.24. The van der Waals surface area contributed by atoms with Gasteiger partial charge in [0.25, 0.3) is 0 Å². The molecule has 1 unspecified atom stereocenters. The lowest BCUT2D eigenvalue weighted by atomic mass is 10.3. The van der Waals surface area contributed by atoms with Gasteiger partial charge in [-0.1, -0.05) is 0 Å². The molecule has 1 saturated heterocycles. The van der Waals surface area contributed by atoms with E-state index in [1.54, 1.807) is 17.1 Å². The number of aromatic nitrogens is 2. The van der Waals surface area contributed by atoms with Crippen molar-refractivity contribution in [3.8, 4) is 0 Å².